The number of halogens is 1. The maximum atomic E-state index is 13.1. The van der Waals surface area contributed by atoms with E-state index in [1.165, 1.54) is 13.3 Å². The van der Waals surface area contributed by atoms with E-state index in [1.807, 2.05) is 0 Å². The first-order valence-electron chi connectivity index (χ1n) is 12.7. The zero-order valence-electron chi connectivity index (χ0n) is 22.7. The third kappa shape index (κ3) is 6.65. The van der Waals surface area contributed by atoms with E-state index < -0.39 is 5.97 Å². The highest BCUT2D eigenvalue weighted by atomic mass is 35.5. The number of pyridine rings is 1. The Morgan fingerprint density at radius 1 is 1.05 bits per heavy atom. The summed E-state index contributed by atoms with van der Waals surface area (Å²) < 4.78 is 17.0. The van der Waals surface area contributed by atoms with Crippen molar-refractivity contribution in [3.8, 4) is 28.7 Å². The van der Waals surface area contributed by atoms with Crippen molar-refractivity contribution in [1.82, 2.24) is 4.98 Å². The van der Waals surface area contributed by atoms with Gasteiger partial charge in [-0.2, -0.15) is 5.26 Å². The topological polar surface area (TPSA) is 98.5 Å². The minimum atomic E-state index is -0.527. The second-order valence-electron chi connectivity index (χ2n) is 11.0. The number of carbonyl (C=O) groups is 2. The average Bonchev–Trinajstić information content (AvgIpc) is 2.87. The van der Waals surface area contributed by atoms with Crippen LogP contribution >= 0.6 is 11.6 Å². The maximum Gasteiger partial charge on any atom is 0.339 e. The van der Waals surface area contributed by atoms with Crippen LogP contribution in [-0.4, -0.2) is 35.0 Å². The second kappa shape index (κ2) is 11.2. The van der Waals surface area contributed by atoms with Crippen LogP contribution in [0.2, 0.25) is 5.02 Å². The van der Waals surface area contributed by atoms with Crippen LogP contribution in [0.15, 0.2) is 54.9 Å². The minimum Gasteiger partial charge on any atom is -0.465 e. The van der Waals surface area contributed by atoms with Crippen molar-refractivity contribution in [2.24, 2.45) is 5.92 Å². The molecule has 39 heavy (non-hydrogen) atoms. The molecule has 2 heterocycles. The SMILES string of the molecule is COC(=O)c1cncc(-c2cccc(Oc3ccc(C(=O)CC4CC(C)(C)OC(C)(C)C4)cc3Cl)c2C#N)c1. The molecule has 3 aromatic rings. The molecule has 0 radical (unpaired) electrons. The first kappa shape index (κ1) is 28.3. The van der Waals surface area contributed by atoms with Crippen LogP contribution in [0.4, 0.5) is 0 Å². The minimum absolute atomic E-state index is 0.0136. The summed E-state index contributed by atoms with van der Waals surface area (Å²) in [6.45, 7) is 8.24. The van der Waals surface area contributed by atoms with Crippen molar-refractivity contribution in [2.75, 3.05) is 7.11 Å². The van der Waals surface area contributed by atoms with Crippen molar-refractivity contribution < 1.29 is 23.8 Å². The van der Waals surface area contributed by atoms with E-state index in [1.54, 1.807) is 48.7 Å². The van der Waals surface area contributed by atoms with Crippen LogP contribution < -0.4 is 4.74 Å². The number of rotatable bonds is 7. The lowest BCUT2D eigenvalue weighted by molar-refractivity contribution is -0.171. The van der Waals surface area contributed by atoms with E-state index in [-0.39, 0.29) is 44.8 Å². The van der Waals surface area contributed by atoms with Gasteiger partial charge in [-0.25, -0.2) is 4.79 Å². The Balaban J connectivity index is 1.55. The zero-order chi connectivity index (χ0) is 28.4. The van der Waals surface area contributed by atoms with Crippen LogP contribution in [0.1, 0.15) is 73.2 Å². The van der Waals surface area contributed by atoms with E-state index in [2.05, 4.69) is 38.7 Å². The van der Waals surface area contributed by atoms with E-state index in [0.29, 0.717) is 28.9 Å². The normalized spacial score (nSPS) is 16.2. The van der Waals surface area contributed by atoms with Crippen molar-refractivity contribution in [3.63, 3.8) is 0 Å². The standard InChI is InChI=1S/C31H31ClN2O5/c1-30(2)14-19(15-31(3,4)39-30)11-26(35)20-9-10-28(25(32)13-20)38-27-8-6-7-23(24(27)16-33)21-12-22(18-34-17-21)29(36)37-5/h6-10,12-13,17-19H,11,14-15H2,1-5H3. The first-order valence-corrected chi connectivity index (χ1v) is 13.1. The molecule has 4 rings (SSSR count). The van der Waals surface area contributed by atoms with Crippen molar-refractivity contribution in [3.05, 3.63) is 76.6 Å². The van der Waals surface area contributed by atoms with Gasteiger partial charge >= 0.3 is 5.97 Å². The molecule has 0 unspecified atom stereocenters. The first-order chi connectivity index (χ1) is 18.4. The molecule has 202 valence electrons. The molecule has 0 spiro atoms. The van der Waals surface area contributed by atoms with Gasteiger partial charge in [0.25, 0.3) is 0 Å². The van der Waals surface area contributed by atoms with Crippen molar-refractivity contribution >= 4 is 23.4 Å². The Bertz CT molecular complexity index is 1440. The average molecular weight is 547 g/mol. The quantitative estimate of drug-likeness (QED) is 0.225. The van der Waals surface area contributed by atoms with Crippen LogP contribution in [0, 0.1) is 17.2 Å². The molecule has 0 atom stereocenters. The molecular formula is C31H31ClN2O5. The fourth-order valence-electron chi connectivity index (χ4n) is 5.48. The third-order valence-corrected chi connectivity index (χ3v) is 6.96. The van der Waals surface area contributed by atoms with Crippen molar-refractivity contribution in [2.45, 2.75) is 58.2 Å². The number of aromatic nitrogens is 1. The van der Waals surface area contributed by atoms with E-state index in [0.717, 1.165) is 12.8 Å². The third-order valence-electron chi connectivity index (χ3n) is 6.67. The fourth-order valence-corrected chi connectivity index (χ4v) is 5.70. The Hall–Kier alpha value is -3.73. The maximum absolute atomic E-state index is 13.1. The number of ether oxygens (including phenoxy) is 3. The number of hydrogen-bond acceptors (Lipinski definition) is 7. The molecule has 0 N–H and O–H groups in total. The van der Waals surface area contributed by atoms with Gasteiger partial charge < -0.3 is 14.2 Å². The monoisotopic (exact) mass is 546 g/mol. The molecule has 8 heteroatoms. The molecule has 1 fully saturated rings. The summed E-state index contributed by atoms with van der Waals surface area (Å²) in [4.78, 5) is 29.2. The smallest absolute Gasteiger partial charge is 0.339 e. The molecule has 0 saturated carbocycles. The van der Waals surface area contributed by atoms with Crippen LogP contribution in [0.3, 0.4) is 0 Å². The summed E-state index contributed by atoms with van der Waals surface area (Å²) in [5.41, 5.74) is 1.56. The number of carbonyl (C=O) groups excluding carboxylic acids is 2. The van der Waals surface area contributed by atoms with Crippen molar-refractivity contribution in [1.29, 1.82) is 5.26 Å². The second-order valence-corrected chi connectivity index (χ2v) is 11.4. The molecular weight excluding hydrogens is 516 g/mol. The summed E-state index contributed by atoms with van der Waals surface area (Å²) in [7, 11) is 1.29. The predicted octanol–water partition coefficient (Wildman–Crippen LogP) is 7.41. The Morgan fingerprint density at radius 3 is 2.41 bits per heavy atom. The lowest BCUT2D eigenvalue weighted by atomic mass is 9.78. The fraction of sp³-hybridized carbons (Fsp3) is 0.355. The van der Waals surface area contributed by atoms with Crippen LogP contribution in [0.25, 0.3) is 11.1 Å². The van der Waals surface area contributed by atoms with Gasteiger partial charge in [0.2, 0.25) is 0 Å². The lowest BCUT2D eigenvalue weighted by Gasteiger charge is -2.45. The number of Topliss-reactive ketones (excluding diaryl/α,β-unsaturated/α-hetero) is 1. The summed E-state index contributed by atoms with van der Waals surface area (Å²) in [5.74, 6) is 0.294. The van der Waals surface area contributed by atoms with Gasteiger partial charge in [-0.05, 0) is 76.8 Å². The van der Waals surface area contributed by atoms with Crippen LogP contribution in [-0.2, 0) is 9.47 Å². The number of nitriles is 1. The van der Waals surface area contributed by atoms with Gasteiger partial charge in [-0.15, -0.1) is 0 Å². The molecule has 0 aliphatic carbocycles. The van der Waals surface area contributed by atoms with Gasteiger partial charge in [0, 0.05) is 35.5 Å². The molecule has 0 bridgehead atoms. The Kier molecular flexibility index (Phi) is 8.10. The summed E-state index contributed by atoms with van der Waals surface area (Å²) in [5, 5.41) is 10.2. The highest BCUT2D eigenvalue weighted by molar-refractivity contribution is 6.32. The van der Waals surface area contributed by atoms with Gasteiger partial charge in [-0.1, -0.05) is 23.7 Å². The highest BCUT2D eigenvalue weighted by Crippen LogP contribution is 2.41. The largest absolute Gasteiger partial charge is 0.465 e. The molecule has 0 amide bonds. The molecule has 1 aliphatic rings. The Labute approximate surface area is 233 Å². The number of ketones is 1. The lowest BCUT2D eigenvalue weighted by Crippen LogP contribution is -2.45. The summed E-state index contributed by atoms with van der Waals surface area (Å²) in [6.07, 6.45) is 4.98. The van der Waals surface area contributed by atoms with Crippen LogP contribution in [0.5, 0.6) is 11.5 Å². The van der Waals surface area contributed by atoms with E-state index in [9.17, 15) is 14.9 Å². The number of hydrogen-bond donors (Lipinski definition) is 0. The summed E-state index contributed by atoms with van der Waals surface area (Å²) in [6, 6.07) is 13.9. The van der Waals surface area contributed by atoms with Gasteiger partial charge in [0.15, 0.2) is 5.78 Å². The van der Waals surface area contributed by atoms with Gasteiger partial charge in [0.1, 0.15) is 23.1 Å². The molecule has 2 aromatic carbocycles. The molecule has 1 saturated heterocycles. The van der Waals surface area contributed by atoms with Gasteiger partial charge in [0.05, 0.1) is 28.9 Å². The Morgan fingerprint density at radius 2 is 1.77 bits per heavy atom. The number of methoxy groups -OCH3 is 1. The molecule has 1 aliphatic heterocycles. The van der Waals surface area contributed by atoms with E-state index >= 15 is 0 Å². The highest BCUT2D eigenvalue weighted by Gasteiger charge is 2.39. The predicted molar refractivity (Wildman–Crippen MR) is 148 cm³/mol. The zero-order valence-corrected chi connectivity index (χ0v) is 23.5. The number of benzene rings is 2. The molecule has 1 aromatic heterocycles. The molecule has 7 nitrogen and oxygen atoms in total. The van der Waals surface area contributed by atoms with E-state index in [4.69, 9.17) is 25.8 Å². The van der Waals surface area contributed by atoms with Gasteiger partial charge in [-0.3, -0.25) is 9.78 Å². The number of nitrogens with zero attached hydrogens (tertiary/aromatic N) is 2. The number of esters is 1. The summed E-state index contributed by atoms with van der Waals surface area (Å²) >= 11 is 6.54.